The van der Waals surface area contributed by atoms with Crippen molar-refractivity contribution in [3.05, 3.63) is 70.0 Å². The number of fused-ring (bicyclic) bond motifs is 2. The van der Waals surface area contributed by atoms with Gasteiger partial charge in [-0.2, -0.15) is 18.3 Å². The molecule has 1 atom stereocenters. The number of aromatic nitrogens is 2. The molecule has 63 heavy (non-hydrogen) atoms. The molecule has 5 amide bonds. The number of piperidine rings is 1. The van der Waals surface area contributed by atoms with Crippen molar-refractivity contribution in [3.63, 3.8) is 0 Å². The molecule has 1 saturated heterocycles. The number of alkyl halides is 3. The van der Waals surface area contributed by atoms with Crippen molar-refractivity contribution in [1.29, 1.82) is 0 Å². The van der Waals surface area contributed by atoms with Gasteiger partial charge in [0.2, 0.25) is 17.7 Å². The fourth-order valence-corrected chi connectivity index (χ4v) is 9.53. The number of nitrogens with two attached hydrogens (primary N) is 1. The number of Topliss-reactive ketones (excluding diaryl/α,β-unsaturated/α-hetero) is 1. The molecule has 2 aliphatic heterocycles. The van der Waals surface area contributed by atoms with Gasteiger partial charge in [0.05, 0.1) is 22.5 Å². The molecule has 1 saturated carbocycles. The number of imide groups is 1. The molecule has 6 N–H and O–H groups in total. The van der Waals surface area contributed by atoms with Gasteiger partial charge in [0.15, 0.2) is 11.5 Å². The van der Waals surface area contributed by atoms with Gasteiger partial charge in [-0.15, -0.1) is 0 Å². The highest BCUT2D eigenvalue weighted by atomic mass is 19.4. The second kappa shape index (κ2) is 18.9. The van der Waals surface area contributed by atoms with E-state index in [0.717, 1.165) is 62.7 Å². The molecule has 3 heterocycles. The summed E-state index contributed by atoms with van der Waals surface area (Å²) in [6.07, 6.45) is 6.18. The lowest BCUT2D eigenvalue weighted by atomic mass is 9.75. The Morgan fingerprint density at radius 3 is 2.29 bits per heavy atom. The SMILES string of the molecule is CC1(C)CC(=O)c2c(C(F)(F)F)nn(-c3ccc(C(N)=O)c(NC4CCC(NC(=O)CCCCCCCCCNc5cccc6c5CN(C5CCC(=O)NC5=O)C6=O)CC4)c3)c2C1. The maximum absolute atomic E-state index is 14.1. The predicted octanol–water partition coefficient (Wildman–Crippen LogP) is 6.98. The lowest BCUT2D eigenvalue weighted by Crippen LogP contribution is -2.52. The maximum atomic E-state index is 14.1. The van der Waals surface area contributed by atoms with Crippen LogP contribution in [0.25, 0.3) is 5.69 Å². The van der Waals surface area contributed by atoms with Crippen molar-refractivity contribution >= 4 is 46.7 Å². The summed E-state index contributed by atoms with van der Waals surface area (Å²) in [7, 11) is 0. The number of carbonyl (C=O) groups is 6. The molecule has 338 valence electrons. The number of hydrogen-bond acceptors (Lipinski definition) is 9. The van der Waals surface area contributed by atoms with Crippen molar-refractivity contribution < 1.29 is 41.9 Å². The zero-order chi connectivity index (χ0) is 45.1. The van der Waals surface area contributed by atoms with Gasteiger partial charge in [-0.1, -0.05) is 52.0 Å². The monoisotopic (exact) mass is 874 g/mol. The van der Waals surface area contributed by atoms with E-state index in [0.29, 0.717) is 56.3 Å². The van der Waals surface area contributed by atoms with Crippen LogP contribution < -0.4 is 27.0 Å². The zero-order valence-corrected chi connectivity index (χ0v) is 35.9. The van der Waals surface area contributed by atoms with Crippen LogP contribution in [0.4, 0.5) is 24.5 Å². The normalized spacial score (nSPS) is 20.8. The molecule has 3 aromatic rings. The van der Waals surface area contributed by atoms with Crippen LogP contribution in [0, 0.1) is 5.41 Å². The van der Waals surface area contributed by atoms with Gasteiger partial charge in [0.25, 0.3) is 11.8 Å². The highest BCUT2D eigenvalue weighted by molar-refractivity contribution is 6.06. The lowest BCUT2D eigenvalue weighted by molar-refractivity contribution is -0.142. The molecule has 0 bridgehead atoms. The highest BCUT2D eigenvalue weighted by Gasteiger charge is 2.46. The minimum Gasteiger partial charge on any atom is -0.385 e. The van der Waals surface area contributed by atoms with Gasteiger partial charge >= 0.3 is 6.18 Å². The van der Waals surface area contributed by atoms with Crippen LogP contribution in [0.5, 0.6) is 0 Å². The molecule has 7 rings (SSSR count). The Morgan fingerprint density at radius 2 is 1.59 bits per heavy atom. The number of rotatable bonds is 17. The number of amides is 5. The van der Waals surface area contributed by atoms with E-state index >= 15 is 0 Å². The van der Waals surface area contributed by atoms with E-state index in [2.05, 4.69) is 26.4 Å². The summed E-state index contributed by atoms with van der Waals surface area (Å²) in [6.45, 7) is 4.76. The average Bonchev–Trinajstić information content (AvgIpc) is 3.77. The number of carbonyl (C=O) groups excluding carboxylic acids is 6. The average molecular weight is 875 g/mol. The topological polar surface area (TPSA) is 198 Å². The van der Waals surface area contributed by atoms with Gasteiger partial charge in [0.1, 0.15) is 6.04 Å². The number of nitrogens with one attached hydrogen (secondary N) is 4. The third kappa shape index (κ3) is 10.6. The van der Waals surface area contributed by atoms with E-state index in [1.807, 2.05) is 26.0 Å². The van der Waals surface area contributed by atoms with Gasteiger partial charge in [0, 0.05) is 66.9 Å². The molecular formula is C46H57F3N8O6. The van der Waals surface area contributed by atoms with Crippen LogP contribution in [0.3, 0.4) is 0 Å². The third-order valence-corrected chi connectivity index (χ3v) is 12.8. The van der Waals surface area contributed by atoms with Crippen LogP contribution in [-0.2, 0) is 33.5 Å². The first kappa shape index (κ1) is 45.3. The number of benzene rings is 2. The lowest BCUT2D eigenvalue weighted by Gasteiger charge is -2.31. The van der Waals surface area contributed by atoms with E-state index in [9.17, 15) is 41.9 Å². The van der Waals surface area contributed by atoms with E-state index < -0.39 is 46.5 Å². The summed E-state index contributed by atoms with van der Waals surface area (Å²) in [6, 6.07) is 9.40. The molecule has 2 aliphatic carbocycles. The maximum Gasteiger partial charge on any atom is 0.435 e. The number of unbranched alkanes of at least 4 members (excludes halogenated alkanes) is 6. The fourth-order valence-electron chi connectivity index (χ4n) is 9.53. The Labute approximate surface area is 364 Å². The van der Waals surface area contributed by atoms with E-state index in [1.165, 1.54) is 16.8 Å². The number of anilines is 2. The van der Waals surface area contributed by atoms with Gasteiger partial charge in [-0.25, -0.2) is 4.68 Å². The Kier molecular flexibility index (Phi) is 13.6. The molecule has 14 nitrogen and oxygen atoms in total. The Hall–Kier alpha value is -5.74. The number of halogens is 3. The molecule has 1 unspecified atom stereocenters. The predicted molar refractivity (Wildman–Crippen MR) is 229 cm³/mol. The summed E-state index contributed by atoms with van der Waals surface area (Å²) in [5, 5.41) is 16.2. The largest absolute Gasteiger partial charge is 0.435 e. The van der Waals surface area contributed by atoms with Crippen LogP contribution in [-0.4, -0.2) is 74.7 Å². The molecule has 1 aromatic heterocycles. The van der Waals surface area contributed by atoms with Crippen LogP contribution in [0.15, 0.2) is 36.4 Å². The molecule has 2 aromatic carbocycles. The Balaban J connectivity index is 0.795. The molecular weight excluding hydrogens is 818 g/mol. The van der Waals surface area contributed by atoms with E-state index in [4.69, 9.17) is 5.73 Å². The van der Waals surface area contributed by atoms with Crippen molar-refractivity contribution in [2.24, 2.45) is 11.1 Å². The van der Waals surface area contributed by atoms with Gasteiger partial charge in [-0.3, -0.25) is 34.1 Å². The molecule has 0 spiro atoms. The van der Waals surface area contributed by atoms with Crippen molar-refractivity contribution in [1.82, 2.24) is 25.3 Å². The van der Waals surface area contributed by atoms with E-state index in [1.54, 1.807) is 17.0 Å². The summed E-state index contributed by atoms with van der Waals surface area (Å²) in [4.78, 5) is 76.8. The quantitative estimate of drug-likeness (QED) is 0.0702. The second-order valence-corrected chi connectivity index (χ2v) is 18.3. The highest BCUT2D eigenvalue weighted by Crippen LogP contribution is 2.42. The first-order valence-electron chi connectivity index (χ1n) is 22.2. The number of ketones is 1. The first-order chi connectivity index (χ1) is 30.0. The first-order valence-corrected chi connectivity index (χ1v) is 22.2. The number of nitrogens with zero attached hydrogens (tertiary/aromatic N) is 3. The molecule has 17 heteroatoms. The standard InChI is InChI=1S/C46H57F3N8O6/c1-45(2)24-36-40(37(58)25-45)41(46(47,48)49)55-57(36)29-18-19-31(42(50)61)34(23-29)52-27-14-16-28(17-15-27)53-38(59)13-8-6-4-3-5-7-9-22-51-33-12-10-11-30-32(33)26-56(44(30)63)35-20-21-39(60)54-43(35)62/h10-12,18-19,23,27-28,35,51-52H,3-9,13-17,20-22,24-26H2,1-2H3,(H2,50,61)(H,53,59)(H,54,60,62). The van der Waals surface area contributed by atoms with Crippen molar-refractivity contribution in [2.45, 2.75) is 147 Å². The smallest absolute Gasteiger partial charge is 0.385 e. The van der Waals surface area contributed by atoms with Crippen LogP contribution >= 0.6 is 0 Å². The van der Waals surface area contributed by atoms with Crippen LogP contribution in [0.2, 0.25) is 0 Å². The van der Waals surface area contributed by atoms with Crippen LogP contribution in [0.1, 0.15) is 158 Å². The van der Waals surface area contributed by atoms with Crippen molar-refractivity contribution in [2.75, 3.05) is 17.2 Å². The fraction of sp³-hybridized carbons (Fsp3) is 0.543. The molecule has 2 fully saturated rings. The minimum absolute atomic E-state index is 0.0171. The summed E-state index contributed by atoms with van der Waals surface area (Å²) in [5.74, 6) is -2.17. The number of hydrogen-bond donors (Lipinski definition) is 5. The molecule has 0 radical (unpaired) electrons. The van der Waals surface area contributed by atoms with Gasteiger partial charge in [-0.05, 0) is 87.1 Å². The second-order valence-electron chi connectivity index (χ2n) is 18.3. The Morgan fingerprint density at radius 1 is 0.889 bits per heavy atom. The number of primary amides is 1. The third-order valence-electron chi connectivity index (χ3n) is 12.8. The summed E-state index contributed by atoms with van der Waals surface area (Å²) >= 11 is 0. The molecule has 4 aliphatic rings. The minimum atomic E-state index is -4.82. The van der Waals surface area contributed by atoms with Crippen molar-refractivity contribution in [3.8, 4) is 5.69 Å². The Bertz CT molecular complexity index is 2260. The van der Waals surface area contributed by atoms with E-state index in [-0.39, 0.29) is 66.0 Å². The zero-order valence-electron chi connectivity index (χ0n) is 35.9. The summed E-state index contributed by atoms with van der Waals surface area (Å²) in [5.41, 5.74) is 6.93. The summed E-state index contributed by atoms with van der Waals surface area (Å²) < 4.78 is 43.4. The van der Waals surface area contributed by atoms with Gasteiger partial charge < -0.3 is 26.6 Å².